The standard InChI is InChI=1S/C16H21NO4/c1-9-6-12(7-10(2)14(9)21-3)15(18)17-13-5-4-11(8-13)16(19)20/h6-7,11,13H,4-5,8H2,1-3H3,(H,17,18)(H,19,20)/t11-,13+/m0/s1. The van der Waals surface area contributed by atoms with E-state index in [1.165, 1.54) is 0 Å². The van der Waals surface area contributed by atoms with Crippen LogP contribution in [-0.2, 0) is 4.79 Å². The number of carboxylic acids is 1. The van der Waals surface area contributed by atoms with Crippen molar-refractivity contribution in [2.24, 2.45) is 5.92 Å². The van der Waals surface area contributed by atoms with Crippen LogP contribution in [0.25, 0.3) is 0 Å². The Bertz CT molecular complexity index is 544. The molecule has 1 fully saturated rings. The molecule has 0 aromatic heterocycles. The third-order valence-electron chi connectivity index (χ3n) is 4.04. The average molecular weight is 291 g/mol. The molecule has 0 unspecified atom stereocenters. The number of hydrogen-bond acceptors (Lipinski definition) is 3. The predicted octanol–water partition coefficient (Wildman–Crippen LogP) is 2.30. The highest BCUT2D eigenvalue weighted by molar-refractivity contribution is 5.95. The molecule has 2 atom stereocenters. The monoisotopic (exact) mass is 291 g/mol. The lowest BCUT2D eigenvalue weighted by atomic mass is 10.0. The first-order valence-corrected chi connectivity index (χ1v) is 7.11. The summed E-state index contributed by atoms with van der Waals surface area (Å²) in [6.07, 6.45) is 1.85. The van der Waals surface area contributed by atoms with E-state index in [9.17, 15) is 9.59 Å². The van der Waals surface area contributed by atoms with Gasteiger partial charge in [0.05, 0.1) is 13.0 Å². The topological polar surface area (TPSA) is 75.6 Å². The maximum absolute atomic E-state index is 12.3. The van der Waals surface area contributed by atoms with E-state index in [2.05, 4.69) is 5.32 Å². The summed E-state index contributed by atoms with van der Waals surface area (Å²) >= 11 is 0. The largest absolute Gasteiger partial charge is 0.496 e. The van der Waals surface area contributed by atoms with Crippen LogP contribution in [0.2, 0.25) is 0 Å². The molecule has 2 rings (SSSR count). The third kappa shape index (κ3) is 3.35. The summed E-state index contributed by atoms with van der Waals surface area (Å²) < 4.78 is 5.29. The molecule has 21 heavy (non-hydrogen) atoms. The summed E-state index contributed by atoms with van der Waals surface area (Å²) in [6.45, 7) is 3.80. The molecule has 0 heterocycles. The van der Waals surface area contributed by atoms with Gasteiger partial charge in [0.2, 0.25) is 0 Å². The Hall–Kier alpha value is -2.04. The quantitative estimate of drug-likeness (QED) is 0.892. The zero-order chi connectivity index (χ0) is 15.6. The number of hydrogen-bond donors (Lipinski definition) is 2. The number of ether oxygens (including phenoxy) is 1. The fraction of sp³-hybridized carbons (Fsp3) is 0.500. The molecule has 1 aromatic carbocycles. The van der Waals surface area contributed by atoms with Crippen molar-refractivity contribution in [3.05, 3.63) is 28.8 Å². The van der Waals surface area contributed by atoms with Gasteiger partial charge in [-0.25, -0.2) is 0 Å². The molecule has 5 nitrogen and oxygen atoms in total. The Morgan fingerprint density at radius 2 is 1.86 bits per heavy atom. The van der Waals surface area contributed by atoms with Gasteiger partial charge in [-0.2, -0.15) is 0 Å². The molecule has 0 aliphatic heterocycles. The summed E-state index contributed by atoms with van der Waals surface area (Å²) in [5.74, 6) is -0.476. The second kappa shape index (κ2) is 6.16. The van der Waals surface area contributed by atoms with Gasteiger partial charge < -0.3 is 15.2 Å². The molecule has 0 spiro atoms. The van der Waals surface area contributed by atoms with Gasteiger partial charge in [0, 0.05) is 11.6 Å². The van der Waals surface area contributed by atoms with Gasteiger partial charge in [-0.05, 0) is 56.4 Å². The molecular weight excluding hydrogens is 270 g/mol. The van der Waals surface area contributed by atoms with Crippen molar-refractivity contribution in [1.82, 2.24) is 5.32 Å². The van der Waals surface area contributed by atoms with E-state index < -0.39 is 5.97 Å². The molecule has 1 amide bonds. The number of methoxy groups -OCH3 is 1. The number of carbonyl (C=O) groups is 2. The van der Waals surface area contributed by atoms with Crippen LogP contribution in [0, 0.1) is 19.8 Å². The highest BCUT2D eigenvalue weighted by atomic mass is 16.5. The number of rotatable bonds is 4. The Balaban J connectivity index is 2.06. The van der Waals surface area contributed by atoms with Crippen molar-refractivity contribution >= 4 is 11.9 Å². The Morgan fingerprint density at radius 1 is 1.24 bits per heavy atom. The van der Waals surface area contributed by atoms with E-state index in [1.54, 1.807) is 19.2 Å². The summed E-state index contributed by atoms with van der Waals surface area (Å²) in [5.41, 5.74) is 2.42. The molecule has 1 aromatic rings. The van der Waals surface area contributed by atoms with Crippen molar-refractivity contribution in [3.63, 3.8) is 0 Å². The van der Waals surface area contributed by atoms with E-state index in [-0.39, 0.29) is 17.9 Å². The fourth-order valence-corrected chi connectivity index (χ4v) is 3.01. The minimum Gasteiger partial charge on any atom is -0.496 e. The first-order chi connectivity index (χ1) is 9.92. The van der Waals surface area contributed by atoms with Crippen LogP contribution in [0.3, 0.4) is 0 Å². The smallest absolute Gasteiger partial charge is 0.306 e. The van der Waals surface area contributed by atoms with Crippen LogP contribution in [0.4, 0.5) is 0 Å². The Morgan fingerprint density at radius 3 is 2.33 bits per heavy atom. The molecule has 114 valence electrons. The second-order valence-electron chi connectivity index (χ2n) is 5.66. The molecule has 1 aliphatic carbocycles. The maximum atomic E-state index is 12.3. The van der Waals surface area contributed by atoms with Crippen LogP contribution in [0.15, 0.2) is 12.1 Å². The molecule has 0 radical (unpaired) electrons. The molecule has 2 N–H and O–H groups in total. The van der Waals surface area contributed by atoms with Gasteiger partial charge in [-0.15, -0.1) is 0 Å². The van der Waals surface area contributed by atoms with E-state index in [0.29, 0.717) is 18.4 Å². The zero-order valence-corrected chi connectivity index (χ0v) is 12.6. The van der Waals surface area contributed by atoms with Crippen molar-refractivity contribution in [2.75, 3.05) is 7.11 Å². The van der Waals surface area contributed by atoms with Gasteiger partial charge in [0.1, 0.15) is 5.75 Å². The van der Waals surface area contributed by atoms with E-state index in [1.807, 2.05) is 13.8 Å². The Kier molecular flexibility index (Phi) is 4.50. The summed E-state index contributed by atoms with van der Waals surface area (Å²) in [5, 5.41) is 11.9. The highest BCUT2D eigenvalue weighted by Crippen LogP contribution is 2.27. The second-order valence-corrected chi connectivity index (χ2v) is 5.66. The number of carboxylic acid groups (broad SMARTS) is 1. The van der Waals surface area contributed by atoms with Gasteiger partial charge in [-0.1, -0.05) is 0 Å². The van der Waals surface area contributed by atoms with Gasteiger partial charge >= 0.3 is 5.97 Å². The number of benzene rings is 1. The van der Waals surface area contributed by atoms with E-state index in [0.717, 1.165) is 23.3 Å². The Labute approximate surface area is 124 Å². The number of amides is 1. The van der Waals surface area contributed by atoms with Gasteiger partial charge in [0.15, 0.2) is 0 Å². The first kappa shape index (κ1) is 15.4. The molecule has 0 bridgehead atoms. The number of carbonyl (C=O) groups excluding carboxylic acids is 1. The lowest BCUT2D eigenvalue weighted by Gasteiger charge is -2.15. The predicted molar refractivity (Wildman–Crippen MR) is 78.7 cm³/mol. The van der Waals surface area contributed by atoms with Crippen molar-refractivity contribution < 1.29 is 19.4 Å². The SMILES string of the molecule is COc1c(C)cc(C(=O)N[C@@H]2CC[C@H](C(=O)O)C2)cc1C. The van der Waals surface area contributed by atoms with Crippen molar-refractivity contribution in [3.8, 4) is 5.75 Å². The molecule has 1 saturated carbocycles. The van der Waals surface area contributed by atoms with E-state index in [4.69, 9.17) is 9.84 Å². The van der Waals surface area contributed by atoms with Crippen LogP contribution in [-0.4, -0.2) is 30.1 Å². The average Bonchev–Trinajstić information content (AvgIpc) is 2.87. The summed E-state index contributed by atoms with van der Waals surface area (Å²) in [7, 11) is 1.61. The molecule has 0 saturated heterocycles. The van der Waals surface area contributed by atoms with Crippen molar-refractivity contribution in [2.45, 2.75) is 39.2 Å². The van der Waals surface area contributed by atoms with Crippen LogP contribution >= 0.6 is 0 Å². The number of nitrogens with one attached hydrogen (secondary N) is 1. The van der Waals surface area contributed by atoms with Crippen LogP contribution < -0.4 is 10.1 Å². The summed E-state index contributed by atoms with van der Waals surface area (Å²) in [4.78, 5) is 23.2. The molecule has 5 heteroatoms. The minimum atomic E-state index is -0.775. The fourth-order valence-electron chi connectivity index (χ4n) is 3.01. The lowest BCUT2D eigenvalue weighted by Crippen LogP contribution is -2.33. The van der Waals surface area contributed by atoms with Crippen molar-refractivity contribution in [1.29, 1.82) is 0 Å². The summed E-state index contributed by atoms with van der Waals surface area (Å²) in [6, 6.07) is 3.54. The molecule has 1 aliphatic rings. The zero-order valence-electron chi connectivity index (χ0n) is 12.6. The van der Waals surface area contributed by atoms with E-state index >= 15 is 0 Å². The lowest BCUT2D eigenvalue weighted by molar-refractivity contribution is -0.141. The third-order valence-corrected chi connectivity index (χ3v) is 4.04. The minimum absolute atomic E-state index is 0.0543. The first-order valence-electron chi connectivity index (χ1n) is 7.11. The van der Waals surface area contributed by atoms with Crippen LogP contribution in [0.5, 0.6) is 5.75 Å². The molecular formula is C16H21NO4. The normalized spacial score (nSPS) is 21.1. The van der Waals surface area contributed by atoms with Gasteiger partial charge in [0.25, 0.3) is 5.91 Å². The number of aliphatic carboxylic acids is 1. The van der Waals surface area contributed by atoms with Gasteiger partial charge in [-0.3, -0.25) is 9.59 Å². The number of aryl methyl sites for hydroxylation is 2. The highest BCUT2D eigenvalue weighted by Gasteiger charge is 2.30. The van der Waals surface area contributed by atoms with Crippen LogP contribution in [0.1, 0.15) is 40.7 Å². The maximum Gasteiger partial charge on any atom is 0.306 e.